The van der Waals surface area contributed by atoms with Gasteiger partial charge >= 0.3 is 0 Å². The van der Waals surface area contributed by atoms with Gasteiger partial charge < -0.3 is 20.9 Å². The second-order valence-corrected chi connectivity index (χ2v) is 3.79. The zero-order valence-electron chi connectivity index (χ0n) is 9.53. The van der Waals surface area contributed by atoms with Crippen LogP contribution in [0.3, 0.4) is 0 Å². The quantitative estimate of drug-likeness (QED) is 0.512. The minimum absolute atomic E-state index is 0.0505. The van der Waals surface area contributed by atoms with E-state index in [0.717, 1.165) is 6.42 Å². The Morgan fingerprint density at radius 3 is 2.80 bits per heavy atom. The van der Waals surface area contributed by atoms with Crippen LogP contribution in [0.2, 0.25) is 0 Å². The van der Waals surface area contributed by atoms with E-state index in [-0.39, 0.29) is 19.1 Å². The molecule has 0 aliphatic heterocycles. The third kappa shape index (κ3) is 8.35. The highest BCUT2D eigenvalue weighted by atomic mass is 16.5. The van der Waals surface area contributed by atoms with Gasteiger partial charge in [0.05, 0.1) is 12.7 Å². The van der Waals surface area contributed by atoms with Crippen LogP contribution in [0, 0.1) is 5.92 Å². The lowest BCUT2D eigenvalue weighted by Crippen LogP contribution is -2.34. The van der Waals surface area contributed by atoms with E-state index in [4.69, 9.17) is 10.5 Å². The number of aliphatic hydroxyl groups is 1. The lowest BCUT2D eigenvalue weighted by atomic mass is 10.1. The molecule has 90 valence electrons. The molecule has 0 aromatic carbocycles. The SMILES string of the molecule is COCC(O)CNC(=O)CCC(C)CN. The number of rotatable bonds is 8. The first-order valence-electron chi connectivity index (χ1n) is 5.23. The molecule has 0 aliphatic rings. The third-order valence-corrected chi connectivity index (χ3v) is 2.16. The molecule has 2 atom stereocenters. The third-order valence-electron chi connectivity index (χ3n) is 2.16. The summed E-state index contributed by atoms with van der Waals surface area (Å²) in [5.74, 6) is 0.310. The van der Waals surface area contributed by atoms with Crippen LogP contribution in [0.1, 0.15) is 19.8 Å². The number of hydrogen-bond acceptors (Lipinski definition) is 4. The molecule has 0 saturated carbocycles. The summed E-state index contributed by atoms with van der Waals surface area (Å²) in [4.78, 5) is 11.3. The lowest BCUT2D eigenvalue weighted by Gasteiger charge is -2.11. The summed E-state index contributed by atoms with van der Waals surface area (Å²) in [5.41, 5.74) is 5.43. The highest BCUT2D eigenvalue weighted by Gasteiger charge is 2.08. The van der Waals surface area contributed by atoms with E-state index in [2.05, 4.69) is 5.32 Å². The Morgan fingerprint density at radius 2 is 2.27 bits per heavy atom. The topological polar surface area (TPSA) is 84.6 Å². The summed E-state index contributed by atoms with van der Waals surface area (Å²) in [6, 6.07) is 0. The van der Waals surface area contributed by atoms with E-state index in [1.807, 2.05) is 6.92 Å². The second-order valence-electron chi connectivity index (χ2n) is 3.79. The molecule has 0 fully saturated rings. The molecule has 2 unspecified atom stereocenters. The van der Waals surface area contributed by atoms with Crippen LogP contribution in [0.15, 0.2) is 0 Å². The first kappa shape index (κ1) is 14.3. The van der Waals surface area contributed by atoms with Crippen molar-refractivity contribution in [2.24, 2.45) is 11.7 Å². The van der Waals surface area contributed by atoms with Crippen molar-refractivity contribution in [3.63, 3.8) is 0 Å². The molecule has 0 aromatic rings. The van der Waals surface area contributed by atoms with Crippen molar-refractivity contribution in [1.29, 1.82) is 0 Å². The van der Waals surface area contributed by atoms with Crippen LogP contribution in [0.4, 0.5) is 0 Å². The minimum atomic E-state index is -0.633. The Balaban J connectivity index is 3.48. The van der Waals surface area contributed by atoms with Gasteiger partial charge in [0.15, 0.2) is 0 Å². The average molecular weight is 218 g/mol. The van der Waals surface area contributed by atoms with Crippen molar-refractivity contribution in [2.75, 3.05) is 26.8 Å². The smallest absolute Gasteiger partial charge is 0.220 e. The van der Waals surface area contributed by atoms with Gasteiger partial charge in [-0.3, -0.25) is 4.79 Å². The monoisotopic (exact) mass is 218 g/mol. The molecule has 1 amide bonds. The average Bonchev–Trinajstić information content (AvgIpc) is 2.23. The summed E-state index contributed by atoms with van der Waals surface area (Å²) >= 11 is 0. The van der Waals surface area contributed by atoms with E-state index in [9.17, 15) is 9.90 Å². The fourth-order valence-electron chi connectivity index (χ4n) is 1.07. The van der Waals surface area contributed by atoms with E-state index >= 15 is 0 Å². The Labute approximate surface area is 91.0 Å². The zero-order valence-corrected chi connectivity index (χ0v) is 9.53. The maximum absolute atomic E-state index is 11.3. The van der Waals surface area contributed by atoms with Gasteiger partial charge in [-0.2, -0.15) is 0 Å². The first-order chi connectivity index (χ1) is 7.10. The molecule has 0 spiro atoms. The Morgan fingerprint density at radius 1 is 1.60 bits per heavy atom. The van der Waals surface area contributed by atoms with Crippen LogP contribution >= 0.6 is 0 Å². The van der Waals surface area contributed by atoms with Gasteiger partial charge in [-0.1, -0.05) is 6.92 Å². The molecule has 0 aliphatic carbocycles. The molecule has 4 N–H and O–H groups in total. The van der Waals surface area contributed by atoms with Crippen molar-refractivity contribution in [2.45, 2.75) is 25.9 Å². The largest absolute Gasteiger partial charge is 0.389 e. The number of aliphatic hydroxyl groups excluding tert-OH is 1. The van der Waals surface area contributed by atoms with Crippen LogP contribution in [-0.4, -0.2) is 43.9 Å². The highest BCUT2D eigenvalue weighted by Crippen LogP contribution is 2.02. The van der Waals surface area contributed by atoms with Gasteiger partial charge in [-0.05, 0) is 18.9 Å². The van der Waals surface area contributed by atoms with Gasteiger partial charge in [-0.25, -0.2) is 0 Å². The minimum Gasteiger partial charge on any atom is -0.389 e. The fraction of sp³-hybridized carbons (Fsp3) is 0.900. The van der Waals surface area contributed by atoms with Gasteiger partial charge in [0, 0.05) is 20.1 Å². The molecule has 0 radical (unpaired) electrons. The molecule has 5 heteroatoms. The second kappa shape index (κ2) is 8.64. The molecule has 0 saturated heterocycles. The van der Waals surface area contributed by atoms with E-state index in [1.165, 1.54) is 7.11 Å². The van der Waals surface area contributed by atoms with Crippen molar-refractivity contribution >= 4 is 5.91 Å². The summed E-state index contributed by atoms with van der Waals surface area (Å²) in [6.07, 6.45) is 0.603. The van der Waals surface area contributed by atoms with Crippen molar-refractivity contribution < 1.29 is 14.6 Å². The number of ether oxygens (including phenoxy) is 1. The van der Waals surface area contributed by atoms with Gasteiger partial charge in [0.2, 0.25) is 5.91 Å². The molecule has 15 heavy (non-hydrogen) atoms. The molecule has 0 bridgehead atoms. The molecule has 0 aromatic heterocycles. The number of nitrogens with two attached hydrogens (primary N) is 1. The van der Waals surface area contributed by atoms with E-state index in [1.54, 1.807) is 0 Å². The number of hydrogen-bond donors (Lipinski definition) is 3. The molecular formula is C10H22N2O3. The highest BCUT2D eigenvalue weighted by molar-refractivity contribution is 5.75. The summed E-state index contributed by atoms with van der Waals surface area (Å²) in [7, 11) is 1.51. The molecular weight excluding hydrogens is 196 g/mol. The molecule has 5 nitrogen and oxygen atoms in total. The van der Waals surface area contributed by atoms with Crippen LogP contribution in [-0.2, 0) is 9.53 Å². The predicted molar refractivity (Wildman–Crippen MR) is 58.3 cm³/mol. The van der Waals surface area contributed by atoms with Crippen molar-refractivity contribution in [1.82, 2.24) is 5.32 Å². The zero-order chi connectivity index (χ0) is 11.7. The Kier molecular flexibility index (Phi) is 8.27. The van der Waals surface area contributed by atoms with Crippen molar-refractivity contribution in [3.05, 3.63) is 0 Å². The van der Waals surface area contributed by atoms with E-state index in [0.29, 0.717) is 18.9 Å². The molecule has 0 rings (SSSR count). The van der Waals surface area contributed by atoms with Crippen LogP contribution < -0.4 is 11.1 Å². The molecule has 0 heterocycles. The Bertz CT molecular complexity index is 176. The number of carbonyl (C=O) groups excluding carboxylic acids is 1. The predicted octanol–water partition coefficient (Wildman–Crippen LogP) is -0.515. The van der Waals surface area contributed by atoms with Crippen LogP contribution in [0.5, 0.6) is 0 Å². The number of methoxy groups -OCH3 is 1. The van der Waals surface area contributed by atoms with E-state index < -0.39 is 6.10 Å². The lowest BCUT2D eigenvalue weighted by molar-refractivity contribution is -0.122. The normalized spacial score (nSPS) is 14.7. The van der Waals surface area contributed by atoms with Gasteiger partial charge in [0.25, 0.3) is 0 Å². The summed E-state index contributed by atoms with van der Waals surface area (Å²) < 4.78 is 4.73. The first-order valence-corrected chi connectivity index (χ1v) is 5.23. The Hall–Kier alpha value is -0.650. The van der Waals surface area contributed by atoms with Crippen molar-refractivity contribution in [3.8, 4) is 0 Å². The van der Waals surface area contributed by atoms with Gasteiger partial charge in [-0.15, -0.1) is 0 Å². The van der Waals surface area contributed by atoms with Crippen LogP contribution in [0.25, 0.3) is 0 Å². The number of carbonyl (C=O) groups is 1. The standard InChI is InChI=1S/C10H22N2O3/c1-8(5-11)3-4-10(14)12-6-9(13)7-15-2/h8-9,13H,3-7,11H2,1-2H3,(H,12,14). The number of nitrogens with one attached hydrogen (secondary N) is 1. The maximum Gasteiger partial charge on any atom is 0.220 e. The fourth-order valence-corrected chi connectivity index (χ4v) is 1.07. The summed E-state index contributed by atoms with van der Waals surface area (Å²) in [5, 5.41) is 11.9. The number of amides is 1. The maximum atomic E-state index is 11.3. The summed E-state index contributed by atoms with van der Waals surface area (Å²) in [6.45, 7) is 3.08. The van der Waals surface area contributed by atoms with Gasteiger partial charge in [0.1, 0.15) is 0 Å².